The van der Waals surface area contributed by atoms with E-state index >= 15 is 0 Å². The van der Waals surface area contributed by atoms with Gasteiger partial charge in [-0.2, -0.15) is 0 Å². The van der Waals surface area contributed by atoms with Crippen LogP contribution in [0, 0.1) is 0 Å². The lowest BCUT2D eigenvalue weighted by molar-refractivity contribution is -0.155. The Morgan fingerprint density at radius 1 is 1.22 bits per heavy atom. The molecule has 0 spiro atoms. The summed E-state index contributed by atoms with van der Waals surface area (Å²) in [5.41, 5.74) is -1.65. The molecule has 2 aliphatic heterocycles. The summed E-state index contributed by atoms with van der Waals surface area (Å²) in [7, 11) is 1.22. The fourth-order valence-corrected chi connectivity index (χ4v) is 3.36. The van der Waals surface area contributed by atoms with E-state index in [2.05, 4.69) is 0 Å². The van der Waals surface area contributed by atoms with E-state index in [0.717, 1.165) is 4.90 Å². The molecular weight excluding hydrogens is 354 g/mol. The highest BCUT2D eigenvalue weighted by atomic mass is 16.7. The Bertz CT molecular complexity index is 798. The number of benzene rings is 1. The summed E-state index contributed by atoms with van der Waals surface area (Å²) in [6.07, 6.45) is -0.791. The summed E-state index contributed by atoms with van der Waals surface area (Å²) in [6, 6.07) is 5.13. The van der Waals surface area contributed by atoms with E-state index in [-0.39, 0.29) is 13.2 Å². The zero-order valence-corrected chi connectivity index (χ0v) is 16.0. The third kappa shape index (κ3) is 3.31. The molecule has 0 aromatic heterocycles. The van der Waals surface area contributed by atoms with Crippen molar-refractivity contribution < 1.29 is 33.3 Å². The van der Waals surface area contributed by atoms with Crippen molar-refractivity contribution in [2.75, 3.05) is 13.9 Å². The van der Waals surface area contributed by atoms with Crippen molar-refractivity contribution in [2.45, 2.75) is 51.2 Å². The molecular formula is C19H23NO7. The van der Waals surface area contributed by atoms with Gasteiger partial charge in [0, 0.05) is 0 Å². The monoisotopic (exact) mass is 377 g/mol. The molecule has 2 amide bonds. The molecule has 2 atom stereocenters. The number of esters is 1. The van der Waals surface area contributed by atoms with Crippen LogP contribution in [0.4, 0.5) is 4.79 Å². The van der Waals surface area contributed by atoms with Gasteiger partial charge in [0.2, 0.25) is 12.7 Å². The second-order valence-electron chi connectivity index (χ2n) is 7.79. The van der Waals surface area contributed by atoms with Crippen molar-refractivity contribution in [2.24, 2.45) is 0 Å². The Balaban J connectivity index is 1.98. The van der Waals surface area contributed by atoms with E-state index in [0.29, 0.717) is 17.1 Å². The number of carbonyl (C=O) groups excluding carboxylic acids is 3. The van der Waals surface area contributed by atoms with Gasteiger partial charge in [0.1, 0.15) is 11.1 Å². The minimum atomic E-state index is -1.46. The van der Waals surface area contributed by atoms with Crippen molar-refractivity contribution in [3.8, 4) is 11.5 Å². The van der Waals surface area contributed by atoms with Crippen molar-refractivity contribution in [1.29, 1.82) is 0 Å². The predicted octanol–water partition coefficient (Wildman–Crippen LogP) is 2.60. The summed E-state index contributed by atoms with van der Waals surface area (Å²) in [5, 5.41) is 0. The van der Waals surface area contributed by atoms with Gasteiger partial charge in [-0.3, -0.25) is 4.79 Å². The smallest absolute Gasteiger partial charge is 0.418 e. The Labute approximate surface area is 157 Å². The fourth-order valence-electron chi connectivity index (χ4n) is 3.36. The number of likely N-dealkylation sites (tertiary alicyclic amines) is 1. The van der Waals surface area contributed by atoms with Gasteiger partial charge < -0.3 is 18.9 Å². The van der Waals surface area contributed by atoms with Gasteiger partial charge in [-0.15, -0.1) is 0 Å². The molecule has 2 aliphatic rings. The molecule has 2 heterocycles. The first-order chi connectivity index (χ1) is 12.6. The second kappa shape index (κ2) is 6.44. The van der Waals surface area contributed by atoms with E-state index in [1.807, 2.05) is 0 Å². The molecule has 0 radical (unpaired) electrons. The predicted molar refractivity (Wildman–Crippen MR) is 93.4 cm³/mol. The summed E-state index contributed by atoms with van der Waals surface area (Å²) < 4.78 is 20.9. The maximum absolute atomic E-state index is 13.1. The SMILES string of the molecule is COC(=O)[C@]1(C)CC(c2ccc3c(c2)OCO3)C(=O)N1C(=O)OC(C)(C)C. The molecule has 3 rings (SSSR count). The maximum atomic E-state index is 13.1. The summed E-state index contributed by atoms with van der Waals surface area (Å²) in [5.74, 6) is -0.795. The largest absolute Gasteiger partial charge is 0.467 e. The quantitative estimate of drug-likeness (QED) is 0.732. The van der Waals surface area contributed by atoms with Crippen molar-refractivity contribution in [3.05, 3.63) is 23.8 Å². The van der Waals surface area contributed by atoms with Crippen LogP contribution in [0.5, 0.6) is 11.5 Å². The van der Waals surface area contributed by atoms with Crippen LogP contribution in [0.2, 0.25) is 0 Å². The van der Waals surface area contributed by atoms with Crippen LogP contribution in [-0.2, 0) is 19.1 Å². The molecule has 0 aliphatic carbocycles. The zero-order chi connectivity index (χ0) is 20.0. The summed E-state index contributed by atoms with van der Waals surface area (Å²) in [6.45, 7) is 6.69. The van der Waals surface area contributed by atoms with Crippen LogP contribution in [-0.4, -0.2) is 47.9 Å². The maximum Gasteiger partial charge on any atom is 0.418 e. The van der Waals surface area contributed by atoms with E-state index < -0.39 is 35.0 Å². The topological polar surface area (TPSA) is 91.4 Å². The van der Waals surface area contributed by atoms with Gasteiger partial charge in [-0.25, -0.2) is 14.5 Å². The molecule has 8 heteroatoms. The minimum Gasteiger partial charge on any atom is -0.467 e. The van der Waals surface area contributed by atoms with Crippen LogP contribution >= 0.6 is 0 Å². The van der Waals surface area contributed by atoms with Crippen molar-refractivity contribution in [1.82, 2.24) is 4.90 Å². The van der Waals surface area contributed by atoms with Crippen molar-refractivity contribution >= 4 is 18.0 Å². The number of hydrogen-bond acceptors (Lipinski definition) is 7. The first-order valence-electron chi connectivity index (χ1n) is 8.62. The number of carbonyl (C=O) groups is 3. The number of amides is 2. The average Bonchev–Trinajstić information content (AvgIpc) is 3.14. The number of imide groups is 1. The van der Waals surface area contributed by atoms with Gasteiger partial charge in [-0.1, -0.05) is 6.07 Å². The van der Waals surface area contributed by atoms with Crippen LogP contribution in [0.25, 0.3) is 0 Å². The average molecular weight is 377 g/mol. The minimum absolute atomic E-state index is 0.0807. The zero-order valence-electron chi connectivity index (χ0n) is 16.0. The third-order valence-electron chi connectivity index (χ3n) is 4.61. The summed E-state index contributed by atoms with van der Waals surface area (Å²) in [4.78, 5) is 39.1. The summed E-state index contributed by atoms with van der Waals surface area (Å²) >= 11 is 0. The normalized spacial score (nSPS) is 24.1. The number of methoxy groups -OCH3 is 1. The molecule has 0 bridgehead atoms. The van der Waals surface area contributed by atoms with Crippen LogP contribution in [0.1, 0.15) is 45.6 Å². The van der Waals surface area contributed by atoms with Gasteiger partial charge in [-0.05, 0) is 51.8 Å². The number of hydrogen-bond donors (Lipinski definition) is 0. The van der Waals surface area contributed by atoms with Crippen LogP contribution in [0.15, 0.2) is 18.2 Å². The lowest BCUT2D eigenvalue weighted by Gasteiger charge is -2.32. The number of fused-ring (bicyclic) bond motifs is 1. The van der Waals surface area contributed by atoms with Crippen molar-refractivity contribution in [3.63, 3.8) is 0 Å². The molecule has 1 unspecified atom stereocenters. The lowest BCUT2D eigenvalue weighted by atomic mass is 9.89. The van der Waals surface area contributed by atoms with E-state index in [4.69, 9.17) is 18.9 Å². The van der Waals surface area contributed by atoms with Gasteiger partial charge in [0.15, 0.2) is 11.5 Å². The fraction of sp³-hybridized carbons (Fsp3) is 0.526. The number of rotatable bonds is 2. The Morgan fingerprint density at radius 2 is 1.89 bits per heavy atom. The second-order valence-corrected chi connectivity index (χ2v) is 7.79. The Kier molecular flexibility index (Phi) is 4.53. The Morgan fingerprint density at radius 3 is 2.52 bits per heavy atom. The molecule has 8 nitrogen and oxygen atoms in total. The van der Waals surface area contributed by atoms with Gasteiger partial charge in [0.05, 0.1) is 13.0 Å². The molecule has 1 fully saturated rings. The molecule has 27 heavy (non-hydrogen) atoms. The molecule has 1 aromatic carbocycles. The highest BCUT2D eigenvalue weighted by molar-refractivity contribution is 6.04. The Hall–Kier alpha value is -2.77. The molecule has 1 saturated heterocycles. The third-order valence-corrected chi connectivity index (χ3v) is 4.61. The highest BCUT2D eigenvalue weighted by Crippen LogP contribution is 2.44. The molecule has 0 N–H and O–H groups in total. The first kappa shape index (κ1) is 19.0. The number of nitrogens with zero attached hydrogens (tertiary/aromatic N) is 1. The van der Waals surface area contributed by atoms with E-state index in [9.17, 15) is 14.4 Å². The number of ether oxygens (including phenoxy) is 4. The van der Waals surface area contributed by atoms with Gasteiger partial charge >= 0.3 is 12.1 Å². The van der Waals surface area contributed by atoms with E-state index in [1.165, 1.54) is 14.0 Å². The molecule has 1 aromatic rings. The highest BCUT2D eigenvalue weighted by Gasteiger charge is 2.57. The molecule has 146 valence electrons. The van der Waals surface area contributed by atoms with Gasteiger partial charge in [0.25, 0.3) is 0 Å². The first-order valence-corrected chi connectivity index (χ1v) is 8.62. The van der Waals surface area contributed by atoms with Crippen LogP contribution in [0.3, 0.4) is 0 Å². The van der Waals surface area contributed by atoms with Crippen LogP contribution < -0.4 is 9.47 Å². The molecule has 0 saturated carbocycles. The van der Waals surface area contributed by atoms with E-state index in [1.54, 1.807) is 39.0 Å². The standard InChI is InChI=1S/C19H23NO7/c1-18(2,3)27-17(23)20-15(21)12(9-19(20,4)16(22)24-5)11-6-7-13-14(8-11)26-10-25-13/h6-8,12H,9-10H2,1-5H3/t12?,19-/m0/s1. The lowest BCUT2D eigenvalue weighted by Crippen LogP contribution is -2.54.